The van der Waals surface area contributed by atoms with Gasteiger partial charge in [-0.25, -0.2) is 4.79 Å². The number of rotatable bonds is 8. The summed E-state index contributed by atoms with van der Waals surface area (Å²) in [6, 6.07) is 20.9. The molecule has 0 atom stereocenters. The van der Waals surface area contributed by atoms with Gasteiger partial charge in [-0.15, -0.1) is 0 Å². The van der Waals surface area contributed by atoms with Crippen molar-refractivity contribution in [3.05, 3.63) is 100.0 Å². The van der Waals surface area contributed by atoms with E-state index in [9.17, 15) is 14.4 Å². The van der Waals surface area contributed by atoms with Gasteiger partial charge in [0.15, 0.2) is 11.5 Å². The maximum atomic E-state index is 12.7. The molecule has 0 aliphatic carbocycles. The zero-order chi connectivity index (χ0) is 26.6. The minimum atomic E-state index is -0.602. The molecule has 0 radical (unpaired) electrons. The summed E-state index contributed by atoms with van der Waals surface area (Å²) in [6.07, 6.45) is 0. The number of carbonyl (C=O) groups is 2. The summed E-state index contributed by atoms with van der Waals surface area (Å²) in [5.74, 6) is 0.119. The second-order valence-corrected chi connectivity index (χ2v) is 9.16. The molecule has 1 aromatic heterocycles. The van der Waals surface area contributed by atoms with E-state index in [1.165, 1.54) is 14.2 Å². The van der Waals surface area contributed by atoms with Crippen LogP contribution in [0.1, 0.15) is 40.3 Å². The Morgan fingerprint density at radius 1 is 0.892 bits per heavy atom. The number of anilines is 1. The van der Waals surface area contributed by atoms with Gasteiger partial charge in [0.05, 0.1) is 14.2 Å². The van der Waals surface area contributed by atoms with Crippen LogP contribution in [0.4, 0.5) is 5.69 Å². The highest BCUT2D eigenvalue weighted by molar-refractivity contribution is 6.04. The van der Waals surface area contributed by atoms with Crippen LogP contribution in [-0.4, -0.2) is 37.7 Å². The molecule has 3 aromatic carbocycles. The summed E-state index contributed by atoms with van der Waals surface area (Å²) in [6.45, 7) is 3.99. The lowest BCUT2D eigenvalue weighted by molar-refractivity contribution is 0.0420. The lowest BCUT2D eigenvalue weighted by atomic mass is 9.85. The molecule has 0 spiro atoms. The van der Waals surface area contributed by atoms with Crippen molar-refractivity contribution in [1.82, 2.24) is 4.98 Å². The topological polar surface area (TPSA) is 107 Å². The van der Waals surface area contributed by atoms with Crippen molar-refractivity contribution in [3.63, 3.8) is 0 Å². The normalized spacial score (nSPS) is 11.1. The van der Waals surface area contributed by atoms with Crippen LogP contribution in [0.15, 0.2) is 77.6 Å². The number of methoxy groups -OCH3 is 2. The van der Waals surface area contributed by atoms with Crippen LogP contribution >= 0.6 is 0 Å². The third kappa shape index (κ3) is 5.64. The van der Waals surface area contributed by atoms with Crippen molar-refractivity contribution >= 4 is 28.3 Å². The van der Waals surface area contributed by atoms with Crippen molar-refractivity contribution in [2.45, 2.75) is 19.3 Å². The number of carbonyl (C=O) groups excluding carboxylic acids is 2. The Morgan fingerprint density at radius 3 is 2.30 bits per heavy atom. The molecule has 0 fully saturated rings. The summed E-state index contributed by atoms with van der Waals surface area (Å²) >= 11 is 0. The molecule has 0 bridgehead atoms. The van der Waals surface area contributed by atoms with E-state index < -0.39 is 11.4 Å². The zero-order valence-corrected chi connectivity index (χ0v) is 21.1. The fraction of sp³-hybridized carbons (Fsp3) is 0.207. The zero-order valence-electron chi connectivity index (χ0n) is 21.1. The van der Waals surface area contributed by atoms with E-state index >= 15 is 0 Å². The van der Waals surface area contributed by atoms with E-state index in [1.54, 1.807) is 60.7 Å². The van der Waals surface area contributed by atoms with E-state index in [0.29, 0.717) is 33.5 Å². The van der Waals surface area contributed by atoms with E-state index in [1.807, 2.05) is 26.0 Å². The van der Waals surface area contributed by atoms with Gasteiger partial charge in [-0.1, -0.05) is 44.2 Å². The molecule has 1 heterocycles. The highest BCUT2D eigenvalue weighted by Gasteiger charge is 2.24. The molecule has 0 aliphatic rings. The number of ether oxygens (including phenoxy) is 3. The lowest BCUT2D eigenvalue weighted by Crippen LogP contribution is -2.27. The molecule has 4 rings (SSSR count). The molecule has 0 aliphatic heterocycles. The molecule has 0 saturated carbocycles. The van der Waals surface area contributed by atoms with Crippen molar-refractivity contribution < 1.29 is 23.8 Å². The van der Waals surface area contributed by atoms with Crippen LogP contribution in [0, 0.1) is 0 Å². The monoisotopic (exact) mass is 500 g/mol. The van der Waals surface area contributed by atoms with Gasteiger partial charge in [0.25, 0.3) is 11.5 Å². The number of H-pyrrole nitrogens is 1. The predicted molar refractivity (Wildman–Crippen MR) is 142 cm³/mol. The maximum absolute atomic E-state index is 12.7. The Labute approximate surface area is 214 Å². The predicted octanol–water partition coefficient (Wildman–Crippen LogP) is 4.93. The van der Waals surface area contributed by atoms with E-state index in [4.69, 9.17) is 14.2 Å². The summed E-state index contributed by atoms with van der Waals surface area (Å²) < 4.78 is 16.0. The molecular weight excluding hydrogens is 472 g/mol. The van der Waals surface area contributed by atoms with Gasteiger partial charge in [-0.05, 0) is 53.4 Å². The Kier molecular flexibility index (Phi) is 7.29. The maximum Gasteiger partial charge on any atom is 0.354 e. The summed E-state index contributed by atoms with van der Waals surface area (Å²) in [7, 11) is 3.05. The minimum absolute atomic E-state index is 0.0953. The Bertz CT molecular complexity index is 1510. The second-order valence-electron chi connectivity index (χ2n) is 9.16. The van der Waals surface area contributed by atoms with Crippen LogP contribution < -0.4 is 20.3 Å². The second kappa shape index (κ2) is 10.6. The van der Waals surface area contributed by atoms with Gasteiger partial charge in [0.1, 0.15) is 12.3 Å². The van der Waals surface area contributed by atoms with Gasteiger partial charge in [0.2, 0.25) is 0 Å². The van der Waals surface area contributed by atoms with Crippen molar-refractivity contribution in [2.75, 3.05) is 26.1 Å². The van der Waals surface area contributed by atoms with E-state index in [-0.39, 0.29) is 23.8 Å². The molecule has 2 N–H and O–H groups in total. The first-order valence-corrected chi connectivity index (χ1v) is 11.6. The number of aromatic amines is 1. The Morgan fingerprint density at radius 2 is 1.59 bits per heavy atom. The molecule has 190 valence electrons. The van der Waals surface area contributed by atoms with Crippen molar-refractivity contribution in [3.8, 4) is 11.5 Å². The molecule has 1 amide bonds. The average molecular weight is 501 g/mol. The molecule has 8 nitrogen and oxygen atoms in total. The summed E-state index contributed by atoms with van der Waals surface area (Å²) in [5, 5.41) is 4.04. The molecule has 8 heteroatoms. The van der Waals surface area contributed by atoms with E-state index in [0.717, 1.165) is 5.56 Å². The fourth-order valence-electron chi connectivity index (χ4n) is 3.91. The SMILES string of the molecule is COc1ccc(C(=O)Nc2ccc(C(C)(C)COC(=O)c3cc4ccccc4c(=O)[nH]3)cc2)cc1OC. The average Bonchev–Trinajstić information content (AvgIpc) is 2.91. The molecule has 0 unspecified atom stereocenters. The smallest absolute Gasteiger partial charge is 0.354 e. The number of hydrogen-bond donors (Lipinski definition) is 2. The highest BCUT2D eigenvalue weighted by atomic mass is 16.5. The minimum Gasteiger partial charge on any atom is -0.493 e. The summed E-state index contributed by atoms with van der Waals surface area (Å²) in [5.41, 5.74) is 1.21. The third-order valence-corrected chi connectivity index (χ3v) is 6.11. The number of amides is 1. The quantitative estimate of drug-likeness (QED) is 0.332. The largest absolute Gasteiger partial charge is 0.493 e. The van der Waals surface area contributed by atoms with Crippen LogP contribution in [0.3, 0.4) is 0 Å². The summed E-state index contributed by atoms with van der Waals surface area (Å²) in [4.78, 5) is 40.2. The van der Waals surface area contributed by atoms with E-state index in [2.05, 4.69) is 10.3 Å². The standard InChI is InChI=1S/C29H28N2O6/c1-29(2,17-37-28(34)23-15-18-7-5-6-8-22(18)27(33)31-23)20-10-12-21(13-11-20)30-26(32)19-9-14-24(35-3)25(16-19)36-4/h5-16H,17H2,1-4H3,(H,30,32)(H,31,33). The fourth-order valence-corrected chi connectivity index (χ4v) is 3.91. The first kappa shape index (κ1) is 25.5. The van der Waals surface area contributed by atoms with Crippen LogP contribution in [-0.2, 0) is 10.2 Å². The number of aromatic nitrogens is 1. The van der Waals surface area contributed by atoms with Crippen LogP contribution in [0.25, 0.3) is 10.8 Å². The van der Waals surface area contributed by atoms with Gasteiger partial charge in [0, 0.05) is 22.1 Å². The van der Waals surface area contributed by atoms with Crippen LogP contribution in [0.2, 0.25) is 0 Å². The first-order chi connectivity index (χ1) is 17.7. The Hall–Kier alpha value is -4.59. The number of benzene rings is 3. The molecule has 4 aromatic rings. The molecule has 0 saturated heterocycles. The molecular formula is C29H28N2O6. The number of esters is 1. The molecule has 37 heavy (non-hydrogen) atoms. The van der Waals surface area contributed by atoms with Crippen molar-refractivity contribution in [1.29, 1.82) is 0 Å². The number of pyridine rings is 1. The lowest BCUT2D eigenvalue weighted by Gasteiger charge is -2.25. The van der Waals surface area contributed by atoms with Gasteiger partial charge in [-0.3, -0.25) is 9.59 Å². The highest BCUT2D eigenvalue weighted by Crippen LogP contribution is 2.29. The van der Waals surface area contributed by atoms with Gasteiger partial charge in [-0.2, -0.15) is 0 Å². The first-order valence-electron chi connectivity index (χ1n) is 11.6. The number of fused-ring (bicyclic) bond motifs is 1. The van der Waals surface area contributed by atoms with Crippen molar-refractivity contribution in [2.24, 2.45) is 0 Å². The van der Waals surface area contributed by atoms with Gasteiger partial charge >= 0.3 is 5.97 Å². The number of nitrogens with one attached hydrogen (secondary N) is 2. The third-order valence-electron chi connectivity index (χ3n) is 6.11. The number of hydrogen-bond acceptors (Lipinski definition) is 6. The van der Waals surface area contributed by atoms with Gasteiger partial charge < -0.3 is 24.5 Å². The van der Waals surface area contributed by atoms with Crippen LogP contribution in [0.5, 0.6) is 11.5 Å². The Balaban J connectivity index is 1.41.